The Morgan fingerprint density at radius 3 is 2.88 bits per heavy atom. The maximum atomic E-state index is 13.4. The summed E-state index contributed by atoms with van der Waals surface area (Å²) in [5.74, 6) is 0.456. The standard InChI is InChI=1S/C23H23FN8O/c24-15-4-1-5-16(10-15)27-22(33)14-3-2-8-32(12-14)20-11-18(28-23(26)29-20)13-6-7-17-19(9-13)30-31-21(17)25/h1,4-7,9-11,14H,2-3,8,12H2,(H,27,33)(H3,25,30,31)(H2,26,28,29). The number of aromatic amines is 1. The number of aromatic nitrogens is 4. The number of hydrogen-bond acceptors (Lipinski definition) is 7. The minimum atomic E-state index is -0.391. The number of carbonyl (C=O) groups is 1. The second kappa shape index (κ2) is 8.38. The van der Waals surface area contributed by atoms with Crippen LogP contribution in [0.3, 0.4) is 0 Å². The average Bonchev–Trinajstić information content (AvgIpc) is 3.19. The van der Waals surface area contributed by atoms with Crippen LogP contribution < -0.4 is 21.7 Å². The molecular formula is C23H23FN8O. The quantitative estimate of drug-likeness (QED) is 0.378. The smallest absolute Gasteiger partial charge is 0.229 e. The molecule has 0 radical (unpaired) electrons. The number of H-pyrrole nitrogens is 1. The van der Waals surface area contributed by atoms with Gasteiger partial charge in [0.05, 0.1) is 17.1 Å². The molecule has 0 saturated carbocycles. The van der Waals surface area contributed by atoms with E-state index in [4.69, 9.17) is 11.5 Å². The maximum absolute atomic E-state index is 13.4. The Kier molecular flexibility index (Phi) is 5.25. The Bertz CT molecular complexity index is 1340. The van der Waals surface area contributed by atoms with Gasteiger partial charge in [-0.2, -0.15) is 10.1 Å². The molecule has 1 unspecified atom stereocenters. The molecule has 1 amide bonds. The molecule has 2 aromatic carbocycles. The lowest BCUT2D eigenvalue weighted by atomic mass is 9.97. The summed E-state index contributed by atoms with van der Waals surface area (Å²) in [6.45, 7) is 1.23. The summed E-state index contributed by atoms with van der Waals surface area (Å²) in [7, 11) is 0. The minimum Gasteiger partial charge on any atom is -0.382 e. The Labute approximate surface area is 189 Å². The number of amides is 1. The van der Waals surface area contributed by atoms with Crippen LogP contribution >= 0.6 is 0 Å². The van der Waals surface area contributed by atoms with Gasteiger partial charge in [0.25, 0.3) is 0 Å². The van der Waals surface area contributed by atoms with Crippen LogP contribution in [0.5, 0.6) is 0 Å². The Hall–Kier alpha value is -4.21. The van der Waals surface area contributed by atoms with Crippen molar-refractivity contribution in [1.82, 2.24) is 20.2 Å². The molecule has 10 heteroatoms. The van der Waals surface area contributed by atoms with E-state index in [1.54, 1.807) is 12.1 Å². The van der Waals surface area contributed by atoms with E-state index in [-0.39, 0.29) is 17.8 Å². The van der Waals surface area contributed by atoms with Crippen LogP contribution in [0.1, 0.15) is 12.8 Å². The van der Waals surface area contributed by atoms with E-state index < -0.39 is 5.82 Å². The highest BCUT2D eigenvalue weighted by Gasteiger charge is 2.27. The van der Waals surface area contributed by atoms with Crippen molar-refractivity contribution >= 4 is 40.1 Å². The number of nitrogens with two attached hydrogens (primary N) is 2. The number of piperidine rings is 1. The van der Waals surface area contributed by atoms with Crippen molar-refractivity contribution in [2.24, 2.45) is 5.92 Å². The fraction of sp³-hybridized carbons (Fsp3) is 0.217. The van der Waals surface area contributed by atoms with Crippen molar-refractivity contribution in [1.29, 1.82) is 0 Å². The molecule has 1 atom stereocenters. The van der Waals surface area contributed by atoms with Gasteiger partial charge in [-0.1, -0.05) is 12.1 Å². The van der Waals surface area contributed by atoms with Gasteiger partial charge in [0.1, 0.15) is 11.6 Å². The number of benzene rings is 2. The van der Waals surface area contributed by atoms with Gasteiger partial charge in [-0.3, -0.25) is 9.89 Å². The van der Waals surface area contributed by atoms with E-state index in [1.165, 1.54) is 12.1 Å². The normalized spacial score (nSPS) is 16.2. The first kappa shape index (κ1) is 20.7. The molecule has 168 valence electrons. The number of nitrogen functional groups attached to an aromatic ring is 2. The predicted molar refractivity (Wildman–Crippen MR) is 126 cm³/mol. The summed E-state index contributed by atoms with van der Waals surface area (Å²) in [5.41, 5.74) is 14.6. The molecule has 33 heavy (non-hydrogen) atoms. The number of nitrogens with zero attached hydrogens (tertiary/aromatic N) is 4. The van der Waals surface area contributed by atoms with E-state index in [1.807, 2.05) is 29.2 Å². The minimum absolute atomic E-state index is 0.144. The Morgan fingerprint density at radius 2 is 2.03 bits per heavy atom. The number of anilines is 4. The van der Waals surface area contributed by atoms with Gasteiger partial charge in [-0.05, 0) is 43.2 Å². The zero-order valence-corrected chi connectivity index (χ0v) is 17.8. The summed E-state index contributed by atoms with van der Waals surface area (Å²) in [4.78, 5) is 23.6. The van der Waals surface area contributed by atoms with E-state index in [2.05, 4.69) is 25.5 Å². The van der Waals surface area contributed by atoms with Crippen LogP contribution in [0.25, 0.3) is 22.2 Å². The van der Waals surface area contributed by atoms with E-state index in [0.717, 1.165) is 35.9 Å². The molecule has 0 aliphatic carbocycles. The summed E-state index contributed by atoms with van der Waals surface area (Å²) in [5, 5.41) is 10.6. The predicted octanol–water partition coefficient (Wildman–Crippen LogP) is 3.18. The van der Waals surface area contributed by atoms with Gasteiger partial charge in [-0.25, -0.2) is 9.37 Å². The van der Waals surface area contributed by atoms with Gasteiger partial charge in [0.15, 0.2) is 5.82 Å². The second-order valence-electron chi connectivity index (χ2n) is 8.12. The summed E-state index contributed by atoms with van der Waals surface area (Å²) < 4.78 is 13.4. The van der Waals surface area contributed by atoms with Crippen molar-refractivity contribution in [3.8, 4) is 11.3 Å². The van der Waals surface area contributed by atoms with Crippen LogP contribution in [0, 0.1) is 11.7 Å². The first-order chi connectivity index (χ1) is 16.0. The van der Waals surface area contributed by atoms with Crippen molar-refractivity contribution in [3.63, 3.8) is 0 Å². The number of fused-ring (bicyclic) bond motifs is 1. The third kappa shape index (κ3) is 4.27. The highest BCUT2D eigenvalue weighted by molar-refractivity contribution is 5.93. The maximum Gasteiger partial charge on any atom is 0.229 e. The third-order valence-electron chi connectivity index (χ3n) is 5.83. The molecule has 0 bridgehead atoms. The highest BCUT2D eigenvalue weighted by atomic mass is 19.1. The summed E-state index contributed by atoms with van der Waals surface area (Å²) >= 11 is 0. The molecule has 1 fully saturated rings. The summed E-state index contributed by atoms with van der Waals surface area (Å²) in [6, 6.07) is 13.5. The first-order valence-corrected chi connectivity index (χ1v) is 10.7. The zero-order chi connectivity index (χ0) is 22.9. The monoisotopic (exact) mass is 446 g/mol. The fourth-order valence-corrected chi connectivity index (χ4v) is 4.17. The number of rotatable bonds is 4. The van der Waals surface area contributed by atoms with Crippen LogP contribution in [0.15, 0.2) is 48.5 Å². The molecule has 5 rings (SSSR count). The van der Waals surface area contributed by atoms with Gasteiger partial charge < -0.3 is 21.7 Å². The van der Waals surface area contributed by atoms with Gasteiger partial charge in [0, 0.05) is 35.8 Å². The molecule has 3 heterocycles. The van der Waals surface area contributed by atoms with Crippen LogP contribution in [0.2, 0.25) is 0 Å². The molecule has 1 aliphatic rings. The molecule has 9 nitrogen and oxygen atoms in total. The van der Waals surface area contributed by atoms with E-state index >= 15 is 0 Å². The molecule has 1 aliphatic heterocycles. The largest absolute Gasteiger partial charge is 0.382 e. The van der Waals surface area contributed by atoms with Crippen molar-refractivity contribution in [2.75, 3.05) is 34.8 Å². The van der Waals surface area contributed by atoms with Gasteiger partial charge in [0.2, 0.25) is 11.9 Å². The van der Waals surface area contributed by atoms with Crippen molar-refractivity contribution in [2.45, 2.75) is 12.8 Å². The first-order valence-electron chi connectivity index (χ1n) is 10.7. The molecule has 1 saturated heterocycles. The number of hydrogen-bond donors (Lipinski definition) is 4. The van der Waals surface area contributed by atoms with E-state index in [0.29, 0.717) is 29.6 Å². The van der Waals surface area contributed by atoms with Crippen molar-refractivity contribution < 1.29 is 9.18 Å². The van der Waals surface area contributed by atoms with Crippen LogP contribution in [0.4, 0.5) is 27.7 Å². The lowest BCUT2D eigenvalue weighted by molar-refractivity contribution is -0.120. The van der Waals surface area contributed by atoms with E-state index in [9.17, 15) is 9.18 Å². The zero-order valence-electron chi connectivity index (χ0n) is 17.8. The fourth-order valence-electron chi connectivity index (χ4n) is 4.17. The molecule has 6 N–H and O–H groups in total. The van der Waals surface area contributed by atoms with Gasteiger partial charge >= 0.3 is 0 Å². The third-order valence-corrected chi connectivity index (χ3v) is 5.83. The topological polar surface area (TPSA) is 139 Å². The molecule has 0 spiro atoms. The number of nitrogens with one attached hydrogen (secondary N) is 2. The van der Waals surface area contributed by atoms with Crippen molar-refractivity contribution in [3.05, 3.63) is 54.3 Å². The summed E-state index contributed by atoms with van der Waals surface area (Å²) in [6.07, 6.45) is 1.56. The van der Waals surface area contributed by atoms with Gasteiger partial charge in [-0.15, -0.1) is 0 Å². The molecular weight excluding hydrogens is 423 g/mol. The molecule has 2 aromatic heterocycles. The number of halogens is 1. The van der Waals surface area contributed by atoms with Crippen LogP contribution in [-0.2, 0) is 4.79 Å². The average molecular weight is 446 g/mol. The number of carbonyl (C=O) groups excluding carboxylic acids is 1. The second-order valence-corrected chi connectivity index (χ2v) is 8.12. The Balaban J connectivity index is 1.37. The van der Waals surface area contributed by atoms with Crippen LogP contribution in [-0.4, -0.2) is 39.2 Å². The lowest BCUT2D eigenvalue weighted by Crippen LogP contribution is -2.41. The SMILES string of the molecule is Nc1nc(-c2ccc3c(N)n[nH]c3c2)cc(N2CCCC(C(=O)Nc3cccc(F)c3)C2)n1. The molecule has 4 aromatic rings. The highest BCUT2D eigenvalue weighted by Crippen LogP contribution is 2.29. The lowest BCUT2D eigenvalue weighted by Gasteiger charge is -2.33. The Morgan fingerprint density at radius 1 is 1.15 bits per heavy atom.